The summed E-state index contributed by atoms with van der Waals surface area (Å²) in [6, 6.07) is 5.34. The molecule has 5 heteroatoms. The van der Waals surface area contributed by atoms with Gasteiger partial charge in [0.1, 0.15) is 0 Å². The van der Waals surface area contributed by atoms with Gasteiger partial charge in [-0.3, -0.25) is 0 Å². The minimum Gasteiger partial charge on any atom is -0.321 e. The smallest absolute Gasteiger partial charge is 0.321 e. The van der Waals surface area contributed by atoms with Gasteiger partial charge in [0.2, 0.25) is 0 Å². The van der Waals surface area contributed by atoms with Gasteiger partial charge in [-0.2, -0.15) is 13.2 Å². The molecule has 2 N–H and O–H groups in total. The molecule has 1 aliphatic carbocycles. The summed E-state index contributed by atoms with van der Waals surface area (Å²) >= 11 is 0. The van der Waals surface area contributed by atoms with Crippen LogP contribution in [-0.4, -0.2) is 0 Å². The summed E-state index contributed by atoms with van der Waals surface area (Å²) in [7, 11) is 0. The minimum absolute atomic E-state index is 0. The lowest BCUT2D eigenvalue weighted by Crippen LogP contribution is -2.43. The Morgan fingerprint density at radius 1 is 1.19 bits per heavy atom. The maximum atomic E-state index is 12.4. The van der Waals surface area contributed by atoms with E-state index in [1.54, 1.807) is 6.07 Å². The molecule has 1 nitrogen and oxygen atoms in total. The molecule has 1 saturated carbocycles. The normalized spacial score (nSPS) is 18.5. The van der Waals surface area contributed by atoms with Crippen molar-refractivity contribution in [1.29, 1.82) is 0 Å². The predicted octanol–water partition coefficient (Wildman–Crippen LogP) is 3.47. The van der Waals surface area contributed by atoms with E-state index in [1.165, 1.54) is 12.1 Å². The van der Waals surface area contributed by atoms with E-state index < -0.39 is 17.3 Å². The molecule has 2 rings (SSSR count). The van der Waals surface area contributed by atoms with E-state index in [1.807, 2.05) is 0 Å². The Balaban J connectivity index is 0.00000128. The molecule has 0 aliphatic heterocycles. The topological polar surface area (TPSA) is 26.0 Å². The van der Waals surface area contributed by atoms with E-state index in [4.69, 9.17) is 5.73 Å². The fourth-order valence-corrected chi connectivity index (χ4v) is 1.85. The molecule has 1 aromatic rings. The van der Waals surface area contributed by atoms with Crippen molar-refractivity contribution in [3.05, 3.63) is 35.4 Å². The molecule has 0 aromatic heterocycles. The molecular formula is C11H13ClF3N. The second-order valence-electron chi connectivity index (χ2n) is 4.09. The summed E-state index contributed by atoms with van der Waals surface area (Å²) in [5, 5.41) is 0. The van der Waals surface area contributed by atoms with Crippen molar-refractivity contribution in [2.24, 2.45) is 5.73 Å². The molecule has 0 radical (unpaired) electrons. The van der Waals surface area contributed by atoms with Gasteiger partial charge in [-0.25, -0.2) is 0 Å². The predicted molar refractivity (Wildman–Crippen MR) is 58.4 cm³/mol. The summed E-state index contributed by atoms with van der Waals surface area (Å²) < 4.78 is 37.3. The van der Waals surface area contributed by atoms with Crippen LogP contribution >= 0.6 is 12.4 Å². The lowest BCUT2D eigenvalue weighted by molar-refractivity contribution is -0.137. The molecule has 0 saturated heterocycles. The number of halogens is 4. The Labute approximate surface area is 98.2 Å². The van der Waals surface area contributed by atoms with Crippen LogP contribution in [0.5, 0.6) is 0 Å². The standard InChI is InChI=1S/C11H12F3N.ClH/c12-11(13,14)9-4-1-3-8(7-9)10(15)5-2-6-10;/h1,3-4,7H,2,5-6,15H2;1H. The van der Waals surface area contributed by atoms with Crippen molar-refractivity contribution in [2.45, 2.75) is 31.0 Å². The van der Waals surface area contributed by atoms with E-state index in [-0.39, 0.29) is 12.4 Å². The van der Waals surface area contributed by atoms with Gasteiger partial charge in [-0.1, -0.05) is 12.1 Å². The Bertz CT molecular complexity index is 372. The summed E-state index contributed by atoms with van der Waals surface area (Å²) in [4.78, 5) is 0. The Kier molecular flexibility index (Phi) is 3.55. The second kappa shape index (κ2) is 4.26. The molecule has 0 spiro atoms. The highest BCUT2D eigenvalue weighted by Gasteiger charge is 2.37. The summed E-state index contributed by atoms with van der Waals surface area (Å²) in [5.74, 6) is 0. The maximum absolute atomic E-state index is 12.4. The SMILES string of the molecule is Cl.NC1(c2cccc(C(F)(F)F)c2)CCC1. The highest BCUT2D eigenvalue weighted by molar-refractivity contribution is 5.85. The van der Waals surface area contributed by atoms with E-state index in [9.17, 15) is 13.2 Å². The Hall–Kier alpha value is -0.740. The Morgan fingerprint density at radius 3 is 2.25 bits per heavy atom. The first-order chi connectivity index (χ1) is 6.92. The van der Waals surface area contributed by atoms with Crippen molar-refractivity contribution in [2.75, 3.05) is 0 Å². The third-order valence-corrected chi connectivity index (χ3v) is 3.01. The summed E-state index contributed by atoms with van der Waals surface area (Å²) in [6.45, 7) is 0. The number of hydrogen-bond donors (Lipinski definition) is 1. The van der Waals surface area contributed by atoms with Crippen LogP contribution in [0.15, 0.2) is 24.3 Å². The van der Waals surface area contributed by atoms with Crippen LogP contribution in [0.4, 0.5) is 13.2 Å². The number of alkyl halides is 3. The number of benzene rings is 1. The molecule has 1 fully saturated rings. The zero-order valence-corrected chi connectivity index (χ0v) is 9.37. The zero-order valence-electron chi connectivity index (χ0n) is 8.55. The highest BCUT2D eigenvalue weighted by Crippen LogP contribution is 2.40. The van der Waals surface area contributed by atoms with Gasteiger partial charge in [0.25, 0.3) is 0 Å². The fraction of sp³-hybridized carbons (Fsp3) is 0.455. The van der Waals surface area contributed by atoms with E-state index in [2.05, 4.69) is 0 Å². The van der Waals surface area contributed by atoms with Crippen LogP contribution < -0.4 is 5.73 Å². The molecule has 1 aromatic carbocycles. The third-order valence-electron chi connectivity index (χ3n) is 3.01. The first kappa shape index (κ1) is 13.3. The molecule has 0 unspecified atom stereocenters. The molecule has 90 valence electrons. The van der Waals surface area contributed by atoms with Crippen LogP contribution in [0, 0.1) is 0 Å². The van der Waals surface area contributed by atoms with Crippen molar-refractivity contribution in [3.63, 3.8) is 0 Å². The fourth-order valence-electron chi connectivity index (χ4n) is 1.85. The summed E-state index contributed by atoms with van der Waals surface area (Å²) in [5.41, 5.74) is 5.43. The largest absolute Gasteiger partial charge is 0.416 e. The average Bonchev–Trinajstić information content (AvgIpc) is 2.13. The van der Waals surface area contributed by atoms with Crippen LogP contribution in [0.1, 0.15) is 30.4 Å². The van der Waals surface area contributed by atoms with Crippen molar-refractivity contribution < 1.29 is 13.2 Å². The highest BCUT2D eigenvalue weighted by atomic mass is 35.5. The molecule has 16 heavy (non-hydrogen) atoms. The quantitative estimate of drug-likeness (QED) is 0.813. The average molecular weight is 252 g/mol. The lowest BCUT2D eigenvalue weighted by atomic mass is 9.72. The van der Waals surface area contributed by atoms with Gasteiger partial charge in [0.15, 0.2) is 0 Å². The first-order valence-corrected chi connectivity index (χ1v) is 4.88. The van der Waals surface area contributed by atoms with Crippen LogP contribution in [-0.2, 0) is 11.7 Å². The molecule has 1 aliphatic rings. The Morgan fingerprint density at radius 2 is 1.81 bits per heavy atom. The number of hydrogen-bond acceptors (Lipinski definition) is 1. The molecule has 0 atom stereocenters. The lowest BCUT2D eigenvalue weighted by Gasteiger charge is -2.38. The second-order valence-corrected chi connectivity index (χ2v) is 4.09. The van der Waals surface area contributed by atoms with Crippen molar-refractivity contribution >= 4 is 12.4 Å². The zero-order chi connectivity index (χ0) is 11.1. The van der Waals surface area contributed by atoms with Crippen LogP contribution in [0.3, 0.4) is 0 Å². The van der Waals surface area contributed by atoms with Gasteiger partial charge in [-0.15, -0.1) is 12.4 Å². The minimum atomic E-state index is -4.28. The molecule has 0 amide bonds. The van der Waals surface area contributed by atoms with Gasteiger partial charge >= 0.3 is 6.18 Å². The number of nitrogens with two attached hydrogens (primary N) is 1. The van der Waals surface area contributed by atoms with E-state index in [0.29, 0.717) is 5.56 Å². The van der Waals surface area contributed by atoms with Gasteiger partial charge in [-0.05, 0) is 37.0 Å². The monoisotopic (exact) mass is 251 g/mol. The molecule has 0 heterocycles. The van der Waals surface area contributed by atoms with E-state index >= 15 is 0 Å². The van der Waals surface area contributed by atoms with Gasteiger partial charge in [0.05, 0.1) is 5.56 Å². The summed E-state index contributed by atoms with van der Waals surface area (Å²) in [6.07, 6.45) is -1.74. The molecular weight excluding hydrogens is 239 g/mol. The third kappa shape index (κ3) is 2.33. The van der Waals surface area contributed by atoms with Gasteiger partial charge < -0.3 is 5.73 Å². The van der Waals surface area contributed by atoms with Crippen molar-refractivity contribution in [3.8, 4) is 0 Å². The van der Waals surface area contributed by atoms with Crippen LogP contribution in [0.2, 0.25) is 0 Å². The number of rotatable bonds is 1. The molecule has 0 bridgehead atoms. The van der Waals surface area contributed by atoms with Crippen molar-refractivity contribution in [1.82, 2.24) is 0 Å². The van der Waals surface area contributed by atoms with E-state index in [0.717, 1.165) is 25.3 Å². The van der Waals surface area contributed by atoms with Crippen LogP contribution in [0.25, 0.3) is 0 Å². The maximum Gasteiger partial charge on any atom is 0.416 e. The first-order valence-electron chi connectivity index (χ1n) is 4.88. The van der Waals surface area contributed by atoms with Gasteiger partial charge in [0, 0.05) is 5.54 Å².